The van der Waals surface area contributed by atoms with Gasteiger partial charge in [0.2, 0.25) is 0 Å². The molecule has 0 saturated carbocycles. The molecule has 80 valence electrons. The molecule has 15 heavy (non-hydrogen) atoms. The van der Waals surface area contributed by atoms with Crippen LogP contribution < -0.4 is 17.1 Å². The van der Waals surface area contributed by atoms with Gasteiger partial charge in [0.15, 0.2) is 0 Å². The fraction of sp³-hybridized carbons (Fsp3) is 0.417. The Hall–Kier alpha value is 0.0762. The molecule has 0 bridgehead atoms. The largest absolute Gasteiger partial charge is 2.00 e. The molecule has 0 aliphatic rings. The van der Waals surface area contributed by atoms with Crippen LogP contribution in [0.15, 0.2) is 24.3 Å². The van der Waals surface area contributed by atoms with Crippen molar-refractivity contribution < 1.29 is 17.1 Å². The summed E-state index contributed by atoms with van der Waals surface area (Å²) in [4.78, 5) is 0. The SMILES string of the molecule is COc1ccc(CC[C-](C)C)cc1.[Cl-].[Mg+2]. The molecule has 0 spiro atoms. The quantitative estimate of drug-likeness (QED) is 0.523. The number of ether oxygens (including phenoxy) is 1. The number of halogens is 1. The molecule has 0 atom stereocenters. The molecule has 0 saturated heterocycles. The number of benzene rings is 1. The summed E-state index contributed by atoms with van der Waals surface area (Å²) in [5.41, 5.74) is 1.38. The second kappa shape index (κ2) is 9.31. The van der Waals surface area contributed by atoms with Crippen LogP contribution in [0.5, 0.6) is 5.75 Å². The summed E-state index contributed by atoms with van der Waals surface area (Å²) in [6.07, 6.45) is 2.30. The number of aryl methyl sites for hydroxylation is 1. The summed E-state index contributed by atoms with van der Waals surface area (Å²) in [7, 11) is 1.69. The molecule has 0 N–H and O–H groups in total. The van der Waals surface area contributed by atoms with Crippen molar-refractivity contribution in [2.75, 3.05) is 7.11 Å². The fourth-order valence-electron chi connectivity index (χ4n) is 1.19. The van der Waals surface area contributed by atoms with E-state index in [1.54, 1.807) is 7.11 Å². The van der Waals surface area contributed by atoms with Crippen molar-refractivity contribution in [3.63, 3.8) is 0 Å². The Morgan fingerprint density at radius 1 is 1.13 bits per heavy atom. The van der Waals surface area contributed by atoms with Crippen molar-refractivity contribution in [2.45, 2.75) is 26.7 Å². The van der Waals surface area contributed by atoms with Gasteiger partial charge in [0.25, 0.3) is 0 Å². The molecule has 0 unspecified atom stereocenters. The van der Waals surface area contributed by atoms with Crippen LogP contribution in [-0.2, 0) is 6.42 Å². The molecule has 0 heterocycles. The minimum atomic E-state index is 0. The van der Waals surface area contributed by atoms with Gasteiger partial charge in [-0.25, -0.2) is 0 Å². The van der Waals surface area contributed by atoms with E-state index in [9.17, 15) is 0 Å². The molecule has 0 amide bonds. The van der Waals surface area contributed by atoms with Gasteiger partial charge in [-0.3, -0.25) is 0 Å². The van der Waals surface area contributed by atoms with E-state index in [0.717, 1.165) is 12.2 Å². The summed E-state index contributed by atoms with van der Waals surface area (Å²) in [6, 6.07) is 8.28. The predicted octanol–water partition coefficient (Wildman–Crippen LogP) is -0.135. The summed E-state index contributed by atoms with van der Waals surface area (Å²) in [5, 5.41) is 0. The van der Waals surface area contributed by atoms with Gasteiger partial charge in [0.1, 0.15) is 5.75 Å². The van der Waals surface area contributed by atoms with Gasteiger partial charge in [0.05, 0.1) is 7.11 Å². The predicted molar refractivity (Wildman–Crippen MR) is 61.7 cm³/mol. The van der Waals surface area contributed by atoms with E-state index in [0.29, 0.717) is 0 Å². The molecule has 1 rings (SSSR count). The van der Waals surface area contributed by atoms with E-state index in [2.05, 4.69) is 26.0 Å². The van der Waals surface area contributed by atoms with Crippen LogP contribution in [-0.4, -0.2) is 30.2 Å². The zero-order valence-corrected chi connectivity index (χ0v) is 11.9. The number of rotatable bonds is 4. The second-order valence-corrected chi connectivity index (χ2v) is 3.56. The Balaban J connectivity index is 0. The average Bonchev–Trinajstić information content (AvgIpc) is 2.15. The topological polar surface area (TPSA) is 9.23 Å². The average molecular weight is 237 g/mol. The van der Waals surface area contributed by atoms with E-state index >= 15 is 0 Å². The van der Waals surface area contributed by atoms with Crippen LogP contribution in [0.4, 0.5) is 0 Å². The van der Waals surface area contributed by atoms with Gasteiger partial charge in [0, 0.05) is 0 Å². The van der Waals surface area contributed by atoms with E-state index in [-0.39, 0.29) is 35.5 Å². The molecular weight excluding hydrogens is 220 g/mol. The van der Waals surface area contributed by atoms with Crippen LogP contribution in [0, 0.1) is 5.92 Å². The molecule has 0 aliphatic carbocycles. The summed E-state index contributed by atoms with van der Waals surface area (Å²) in [6.45, 7) is 4.34. The fourth-order valence-corrected chi connectivity index (χ4v) is 1.19. The second-order valence-electron chi connectivity index (χ2n) is 3.56. The van der Waals surface area contributed by atoms with E-state index in [4.69, 9.17) is 4.74 Å². The number of methoxy groups -OCH3 is 1. The molecular formula is C12H17ClMgO. The Morgan fingerprint density at radius 2 is 1.67 bits per heavy atom. The number of hydrogen-bond acceptors (Lipinski definition) is 1. The maximum atomic E-state index is 5.09. The van der Waals surface area contributed by atoms with Crippen molar-refractivity contribution >= 4 is 23.1 Å². The standard InChI is InChI=1S/C12H17O.ClH.Mg/c1-10(2)4-5-11-6-8-12(13-3)9-7-11;;/h6-9H,4-5H2,1-3H3;1H;/q-1;;+2/p-1. The Labute approximate surface area is 115 Å². The van der Waals surface area contributed by atoms with Gasteiger partial charge in [-0.15, -0.1) is 0 Å². The Morgan fingerprint density at radius 3 is 2.07 bits per heavy atom. The van der Waals surface area contributed by atoms with Gasteiger partial charge < -0.3 is 23.1 Å². The molecule has 3 heteroatoms. The molecule has 1 aromatic rings. The van der Waals surface area contributed by atoms with Crippen LogP contribution in [0.3, 0.4) is 0 Å². The molecule has 1 nitrogen and oxygen atoms in total. The van der Waals surface area contributed by atoms with E-state index in [1.807, 2.05) is 12.1 Å². The van der Waals surface area contributed by atoms with Crippen molar-refractivity contribution in [3.8, 4) is 5.75 Å². The van der Waals surface area contributed by atoms with Crippen LogP contribution in [0.25, 0.3) is 0 Å². The Kier molecular flexibility index (Phi) is 10.8. The zero-order chi connectivity index (χ0) is 9.68. The molecule has 0 fully saturated rings. The minimum Gasteiger partial charge on any atom is -1.00 e. The van der Waals surface area contributed by atoms with E-state index < -0.39 is 0 Å². The van der Waals surface area contributed by atoms with Crippen LogP contribution >= 0.6 is 0 Å². The third kappa shape index (κ3) is 7.04. The van der Waals surface area contributed by atoms with Crippen molar-refractivity contribution in [1.82, 2.24) is 0 Å². The molecule has 0 aliphatic heterocycles. The zero-order valence-electron chi connectivity index (χ0n) is 9.72. The van der Waals surface area contributed by atoms with Gasteiger partial charge in [-0.1, -0.05) is 24.1 Å². The van der Waals surface area contributed by atoms with Gasteiger partial charge in [-0.05, 0) is 12.1 Å². The number of hydrogen-bond donors (Lipinski definition) is 0. The minimum absolute atomic E-state index is 0. The summed E-state index contributed by atoms with van der Waals surface area (Å²) in [5.74, 6) is 2.41. The summed E-state index contributed by atoms with van der Waals surface area (Å²) < 4.78 is 5.09. The molecule has 0 aromatic heterocycles. The molecule has 0 radical (unpaired) electrons. The van der Waals surface area contributed by atoms with Gasteiger partial charge in [-0.2, -0.15) is 20.3 Å². The smallest absolute Gasteiger partial charge is 1.00 e. The first-order chi connectivity index (χ1) is 6.22. The first-order valence-electron chi connectivity index (χ1n) is 4.64. The summed E-state index contributed by atoms with van der Waals surface area (Å²) >= 11 is 0. The van der Waals surface area contributed by atoms with Crippen molar-refractivity contribution in [3.05, 3.63) is 35.7 Å². The van der Waals surface area contributed by atoms with Crippen LogP contribution in [0.1, 0.15) is 25.8 Å². The maximum absolute atomic E-state index is 5.09. The first kappa shape index (κ1) is 17.5. The third-order valence-corrected chi connectivity index (χ3v) is 2.07. The maximum Gasteiger partial charge on any atom is 2.00 e. The van der Waals surface area contributed by atoms with Gasteiger partial charge >= 0.3 is 23.1 Å². The monoisotopic (exact) mass is 236 g/mol. The van der Waals surface area contributed by atoms with Crippen LogP contribution in [0.2, 0.25) is 0 Å². The Bertz CT molecular complexity index is 246. The first-order valence-corrected chi connectivity index (χ1v) is 4.64. The van der Waals surface area contributed by atoms with E-state index in [1.165, 1.54) is 17.9 Å². The molecule has 1 aromatic carbocycles. The van der Waals surface area contributed by atoms with Crippen molar-refractivity contribution in [1.29, 1.82) is 0 Å². The normalized spacial score (nSPS) is 9.07. The third-order valence-electron chi connectivity index (χ3n) is 2.07. The van der Waals surface area contributed by atoms with Crippen molar-refractivity contribution in [2.24, 2.45) is 0 Å².